The Hall–Kier alpha value is 0.514. The van der Waals surface area contributed by atoms with Gasteiger partial charge in [-0.25, -0.2) is 0 Å². The van der Waals surface area contributed by atoms with Crippen LogP contribution in [0.2, 0.25) is 0 Å². The van der Waals surface area contributed by atoms with Crippen LogP contribution in [-0.4, -0.2) is 84.1 Å². The Balaban J connectivity index is 4.92. The maximum atomic E-state index is 6.46. The van der Waals surface area contributed by atoms with Gasteiger partial charge in [-0.2, -0.15) is 0 Å². The SMILES string of the molecule is CC(CN(C)C)[O][Ti]([N](C)C)([N](C)C)[N](C)C. The molecule has 0 spiro atoms. The van der Waals surface area contributed by atoms with E-state index in [0.29, 0.717) is 0 Å². The van der Waals surface area contributed by atoms with Crippen molar-refractivity contribution in [1.82, 2.24) is 15.0 Å². The quantitative estimate of drug-likeness (QED) is 0.631. The van der Waals surface area contributed by atoms with Crippen molar-refractivity contribution in [2.75, 3.05) is 62.9 Å². The molecule has 1 atom stereocenters. The molecule has 0 N–H and O–H groups in total. The Bertz CT molecular complexity index is 200. The van der Waals surface area contributed by atoms with E-state index in [4.69, 9.17) is 3.32 Å². The van der Waals surface area contributed by atoms with Gasteiger partial charge in [0.1, 0.15) is 0 Å². The van der Waals surface area contributed by atoms with Gasteiger partial charge in [-0.3, -0.25) is 0 Å². The molecule has 0 saturated carbocycles. The average Bonchev–Trinajstić information content (AvgIpc) is 2.10. The molecule has 0 heterocycles. The van der Waals surface area contributed by atoms with Crippen LogP contribution in [-0.2, 0) is 21.1 Å². The topological polar surface area (TPSA) is 22.2 Å². The van der Waals surface area contributed by atoms with Crippen molar-refractivity contribution in [1.29, 1.82) is 0 Å². The van der Waals surface area contributed by atoms with Gasteiger partial charge in [0.25, 0.3) is 0 Å². The van der Waals surface area contributed by atoms with Gasteiger partial charge in [-0.1, -0.05) is 0 Å². The zero-order valence-corrected chi connectivity index (χ0v) is 14.5. The molecule has 0 fully saturated rings. The molecule has 0 aromatic carbocycles. The summed E-state index contributed by atoms with van der Waals surface area (Å²) < 4.78 is 13.3. The predicted octanol–water partition coefficient (Wildman–Crippen LogP) is 0.452. The Morgan fingerprint density at radius 1 is 0.824 bits per heavy atom. The number of rotatable bonds is 7. The minimum atomic E-state index is -2.77. The summed E-state index contributed by atoms with van der Waals surface area (Å²) in [5.74, 6) is 0. The van der Waals surface area contributed by atoms with Crippen LogP contribution in [0.4, 0.5) is 0 Å². The third-order valence-electron chi connectivity index (χ3n) is 2.73. The van der Waals surface area contributed by atoms with Crippen molar-refractivity contribution in [3.8, 4) is 0 Å². The molecule has 0 rings (SSSR count). The second kappa shape index (κ2) is 7.19. The van der Waals surface area contributed by atoms with Gasteiger partial charge in [-0.15, -0.1) is 0 Å². The molecule has 0 aliphatic rings. The Labute approximate surface area is 112 Å². The first-order valence-electron chi connectivity index (χ1n) is 5.99. The summed E-state index contributed by atoms with van der Waals surface area (Å²) >= 11 is -2.77. The van der Waals surface area contributed by atoms with Gasteiger partial charge < -0.3 is 0 Å². The summed E-state index contributed by atoms with van der Waals surface area (Å²) in [7, 11) is 16.8. The van der Waals surface area contributed by atoms with Gasteiger partial charge in [0.15, 0.2) is 0 Å². The molecule has 0 radical (unpaired) electrons. The van der Waals surface area contributed by atoms with E-state index in [-0.39, 0.29) is 6.10 Å². The summed E-state index contributed by atoms with van der Waals surface area (Å²) in [6.45, 7) is 3.10. The minimum absolute atomic E-state index is 0.234. The Kier molecular flexibility index (Phi) is 7.41. The van der Waals surface area contributed by atoms with Crippen molar-refractivity contribution in [3.63, 3.8) is 0 Å². The van der Waals surface area contributed by atoms with Gasteiger partial charge in [0, 0.05) is 0 Å². The fourth-order valence-electron chi connectivity index (χ4n) is 2.34. The zero-order valence-electron chi connectivity index (χ0n) is 13.0. The first kappa shape index (κ1) is 17.5. The van der Waals surface area contributed by atoms with Gasteiger partial charge in [0.2, 0.25) is 0 Å². The molecule has 17 heavy (non-hydrogen) atoms. The van der Waals surface area contributed by atoms with Crippen molar-refractivity contribution in [2.24, 2.45) is 0 Å². The van der Waals surface area contributed by atoms with E-state index in [9.17, 15) is 0 Å². The molecule has 0 amide bonds. The predicted molar refractivity (Wildman–Crippen MR) is 70.2 cm³/mol. The second-order valence-electron chi connectivity index (χ2n) is 5.45. The fourth-order valence-corrected chi connectivity index (χ4v) is 8.03. The van der Waals surface area contributed by atoms with E-state index in [0.717, 1.165) is 6.54 Å². The summed E-state index contributed by atoms with van der Waals surface area (Å²) in [6, 6.07) is 0. The molecule has 0 aromatic rings. The summed E-state index contributed by atoms with van der Waals surface area (Å²) in [4.78, 5) is 2.17. The Morgan fingerprint density at radius 2 is 1.18 bits per heavy atom. The monoisotopic (exact) mass is 282 g/mol. The van der Waals surface area contributed by atoms with Gasteiger partial charge in [0.05, 0.1) is 0 Å². The van der Waals surface area contributed by atoms with Gasteiger partial charge >= 0.3 is 112 Å². The molecule has 1 unspecified atom stereocenters. The Morgan fingerprint density at radius 3 is 1.41 bits per heavy atom. The molecule has 104 valence electrons. The maximum absolute atomic E-state index is 6.46. The van der Waals surface area contributed by atoms with Crippen LogP contribution in [0.3, 0.4) is 0 Å². The second-order valence-corrected chi connectivity index (χ2v) is 11.8. The third kappa shape index (κ3) is 4.60. The number of nitrogens with zero attached hydrogens (tertiary/aromatic N) is 4. The van der Waals surface area contributed by atoms with E-state index in [2.05, 4.69) is 78.4 Å². The van der Waals surface area contributed by atoms with E-state index in [1.165, 1.54) is 0 Å². The van der Waals surface area contributed by atoms with Crippen molar-refractivity contribution >= 4 is 0 Å². The first-order chi connectivity index (χ1) is 7.64. The van der Waals surface area contributed by atoms with Crippen LogP contribution in [0.1, 0.15) is 6.92 Å². The molecular weight excluding hydrogens is 252 g/mol. The average molecular weight is 282 g/mol. The molecule has 0 aliphatic heterocycles. The molecule has 0 aliphatic carbocycles. The summed E-state index contributed by atoms with van der Waals surface area (Å²) in [6.07, 6.45) is 0.234. The van der Waals surface area contributed by atoms with Crippen LogP contribution >= 0.6 is 0 Å². The van der Waals surface area contributed by atoms with Crippen LogP contribution < -0.4 is 0 Å². The summed E-state index contributed by atoms with van der Waals surface area (Å²) in [5, 5.41) is 0. The van der Waals surface area contributed by atoms with Crippen molar-refractivity contribution < 1.29 is 21.1 Å². The zero-order chi connectivity index (χ0) is 13.8. The van der Waals surface area contributed by atoms with E-state index < -0.39 is 17.7 Å². The normalized spacial score (nSPS) is 15.4. The molecule has 0 aromatic heterocycles. The molecule has 6 heteroatoms. The van der Waals surface area contributed by atoms with Crippen molar-refractivity contribution in [3.05, 3.63) is 0 Å². The van der Waals surface area contributed by atoms with Crippen LogP contribution in [0.25, 0.3) is 0 Å². The molecule has 5 nitrogen and oxygen atoms in total. The van der Waals surface area contributed by atoms with Crippen LogP contribution in [0.15, 0.2) is 0 Å². The van der Waals surface area contributed by atoms with E-state index in [1.54, 1.807) is 0 Å². The van der Waals surface area contributed by atoms with Crippen molar-refractivity contribution in [2.45, 2.75) is 13.0 Å². The van der Waals surface area contributed by atoms with E-state index >= 15 is 0 Å². The van der Waals surface area contributed by atoms with Gasteiger partial charge in [-0.05, 0) is 0 Å². The van der Waals surface area contributed by atoms with Crippen LogP contribution in [0, 0.1) is 0 Å². The van der Waals surface area contributed by atoms with Crippen LogP contribution in [0.5, 0.6) is 0 Å². The number of hydrogen-bond donors (Lipinski definition) is 0. The summed E-state index contributed by atoms with van der Waals surface area (Å²) in [5.41, 5.74) is 0. The number of hydrogen-bond acceptors (Lipinski definition) is 5. The third-order valence-corrected chi connectivity index (χ3v) is 9.31. The fraction of sp³-hybridized carbons (Fsp3) is 1.00. The molecule has 0 bridgehead atoms. The molecule has 0 saturated heterocycles. The van der Waals surface area contributed by atoms with E-state index in [1.807, 2.05) is 0 Å². The standard InChI is InChI=1S/C5H12NO.3C2H6N.Ti/c1-5(7)4-6(2)3;3*1-3-2;/h5H,4H2,1-3H3;3*1-2H3;/q4*-1;+4. The first-order valence-corrected chi connectivity index (χ1v) is 8.72. The number of likely N-dealkylation sites (N-methyl/N-ethyl adjacent to an activating group) is 1. The molecular formula is C11H30N4OTi.